The summed E-state index contributed by atoms with van der Waals surface area (Å²) in [7, 11) is -2.56. The summed E-state index contributed by atoms with van der Waals surface area (Å²) in [6.45, 7) is 2.05. The molecule has 11 nitrogen and oxygen atoms in total. The summed E-state index contributed by atoms with van der Waals surface area (Å²) in [4.78, 5) is 27.6. The van der Waals surface area contributed by atoms with Crippen LogP contribution in [0.25, 0.3) is 0 Å². The van der Waals surface area contributed by atoms with Gasteiger partial charge in [-0.3, -0.25) is 13.9 Å². The number of nitrogen functional groups attached to an aromatic ring is 1. The molecule has 13 heteroatoms. The predicted octanol–water partition coefficient (Wildman–Crippen LogP) is 1.37. The third kappa shape index (κ3) is 5.70. The average molecular weight is 498 g/mol. The van der Waals surface area contributed by atoms with Crippen LogP contribution in [0, 0.1) is 0 Å². The number of halogens is 1. The maximum absolute atomic E-state index is 15.4. The number of aliphatic hydroxyl groups is 1. The van der Waals surface area contributed by atoms with Crippen molar-refractivity contribution in [3.8, 4) is 0 Å². The maximum atomic E-state index is 15.4. The standard InChI is InChI=1S/C21H28FN4O7P/c1-13(18(28)31-3)25-34(30,12-14-7-5-4-6-8-14)32-11-15-17(27)21(2,22)19(33-15)26-10-9-16(23)24-20(26)29/h4-10,13,15,17,19,27H,11-12H2,1-3H3,(H,25,30)(H2,23,24,29)/t13-,15+,17+,19+,21+,34?/m0/s1. The minimum absolute atomic E-state index is 0.0482. The first kappa shape index (κ1) is 26.0. The number of aliphatic hydroxyl groups excluding tert-OH is 1. The predicted molar refractivity (Wildman–Crippen MR) is 121 cm³/mol. The normalized spacial score (nSPS) is 27.1. The van der Waals surface area contributed by atoms with Crippen molar-refractivity contribution in [1.82, 2.24) is 14.6 Å². The van der Waals surface area contributed by atoms with Crippen LogP contribution in [0.3, 0.4) is 0 Å². The van der Waals surface area contributed by atoms with Gasteiger partial charge < -0.3 is 24.8 Å². The van der Waals surface area contributed by atoms with Crippen LogP contribution in [0.1, 0.15) is 25.6 Å². The first-order valence-corrected chi connectivity index (χ1v) is 12.3. The van der Waals surface area contributed by atoms with Crippen LogP contribution in [-0.4, -0.2) is 58.3 Å². The number of anilines is 1. The van der Waals surface area contributed by atoms with Gasteiger partial charge in [-0.05, 0) is 25.5 Å². The third-order valence-electron chi connectivity index (χ3n) is 5.45. The second-order valence-corrected chi connectivity index (χ2v) is 10.3. The minimum atomic E-state index is -3.75. The Balaban J connectivity index is 1.80. The van der Waals surface area contributed by atoms with E-state index in [4.69, 9.17) is 15.0 Å². The summed E-state index contributed by atoms with van der Waals surface area (Å²) >= 11 is 0. The van der Waals surface area contributed by atoms with E-state index in [1.807, 2.05) is 0 Å². The van der Waals surface area contributed by atoms with Crippen LogP contribution >= 0.6 is 7.52 Å². The van der Waals surface area contributed by atoms with Gasteiger partial charge in [0.1, 0.15) is 24.1 Å². The molecule has 0 aliphatic carbocycles. The number of ether oxygens (including phenoxy) is 2. The molecule has 1 fully saturated rings. The van der Waals surface area contributed by atoms with Crippen molar-refractivity contribution < 1.29 is 32.9 Å². The Kier molecular flexibility index (Phi) is 7.89. The molecule has 0 bridgehead atoms. The van der Waals surface area contributed by atoms with Gasteiger partial charge in [-0.1, -0.05) is 30.3 Å². The lowest BCUT2D eigenvalue weighted by Gasteiger charge is -2.25. The second kappa shape index (κ2) is 10.3. The van der Waals surface area contributed by atoms with Gasteiger partial charge in [0.25, 0.3) is 7.52 Å². The summed E-state index contributed by atoms with van der Waals surface area (Å²) in [5.74, 6) is -0.700. The number of rotatable bonds is 9. The Morgan fingerprint density at radius 3 is 2.71 bits per heavy atom. The summed E-state index contributed by atoms with van der Waals surface area (Å²) in [5.41, 5.74) is 2.89. The number of esters is 1. The molecular weight excluding hydrogens is 470 g/mol. The van der Waals surface area contributed by atoms with Crippen LogP contribution in [0.4, 0.5) is 10.2 Å². The summed E-state index contributed by atoms with van der Waals surface area (Å²) in [5, 5.41) is 13.2. The largest absolute Gasteiger partial charge is 0.468 e. The lowest BCUT2D eigenvalue weighted by molar-refractivity contribution is -0.142. The monoisotopic (exact) mass is 498 g/mol. The Morgan fingerprint density at radius 1 is 1.41 bits per heavy atom. The zero-order valence-corrected chi connectivity index (χ0v) is 19.9. The molecule has 1 aromatic carbocycles. The molecule has 2 aromatic rings. The van der Waals surface area contributed by atoms with Crippen LogP contribution in [0.15, 0.2) is 47.4 Å². The van der Waals surface area contributed by atoms with E-state index in [9.17, 15) is 19.3 Å². The summed E-state index contributed by atoms with van der Waals surface area (Å²) < 4.78 is 45.8. The number of aromatic nitrogens is 2. The second-order valence-electron chi connectivity index (χ2n) is 8.15. The molecule has 4 N–H and O–H groups in total. The first-order valence-electron chi connectivity index (χ1n) is 10.5. The number of carbonyl (C=O) groups excluding carboxylic acids is 1. The molecular formula is C21H28FN4O7P. The lowest BCUT2D eigenvalue weighted by atomic mass is 9.98. The average Bonchev–Trinajstić information content (AvgIpc) is 3.01. The Bertz CT molecular complexity index is 1110. The van der Waals surface area contributed by atoms with Crippen LogP contribution in [-0.2, 0) is 29.5 Å². The molecule has 3 rings (SSSR count). The highest BCUT2D eigenvalue weighted by Gasteiger charge is 2.55. The van der Waals surface area contributed by atoms with Crippen LogP contribution in [0.2, 0.25) is 0 Å². The van der Waals surface area contributed by atoms with Crippen molar-refractivity contribution >= 4 is 19.3 Å². The van der Waals surface area contributed by atoms with E-state index in [1.54, 1.807) is 30.3 Å². The number of carbonyl (C=O) groups is 1. The Morgan fingerprint density at radius 2 is 2.09 bits per heavy atom. The topological polar surface area (TPSA) is 155 Å². The van der Waals surface area contributed by atoms with E-state index in [0.717, 1.165) is 11.5 Å². The molecule has 0 saturated carbocycles. The molecule has 1 aromatic heterocycles. The highest BCUT2D eigenvalue weighted by Crippen LogP contribution is 2.48. The van der Waals surface area contributed by atoms with E-state index in [1.165, 1.54) is 26.3 Å². The van der Waals surface area contributed by atoms with Gasteiger partial charge >= 0.3 is 11.7 Å². The number of hydrogen-bond donors (Lipinski definition) is 3. The van der Waals surface area contributed by atoms with Gasteiger partial charge in [0.2, 0.25) is 0 Å². The van der Waals surface area contributed by atoms with E-state index in [-0.39, 0.29) is 12.0 Å². The molecule has 1 aliphatic heterocycles. The molecule has 0 amide bonds. The van der Waals surface area contributed by atoms with Crippen LogP contribution < -0.4 is 16.5 Å². The number of alkyl halides is 1. The van der Waals surface area contributed by atoms with Crippen molar-refractivity contribution in [3.63, 3.8) is 0 Å². The zero-order valence-electron chi connectivity index (χ0n) is 19.0. The van der Waals surface area contributed by atoms with E-state index >= 15 is 4.39 Å². The fourth-order valence-electron chi connectivity index (χ4n) is 3.63. The Labute approximate surface area is 195 Å². The number of nitrogens with one attached hydrogen (secondary N) is 1. The molecule has 0 radical (unpaired) electrons. The van der Waals surface area contributed by atoms with Crippen molar-refractivity contribution in [3.05, 3.63) is 58.6 Å². The van der Waals surface area contributed by atoms with Crippen molar-refractivity contribution in [2.24, 2.45) is 0 Å². The lowest BCUT2D eigenvalue weighted by Crippen LogP contribution is -2.43. The third-order valence-corrected chi connectivity index (χ3v) is 7.58. The smallest absolute Gasteiger partial charge is 0.351 e. The molecule has 1 aliphatic rings. The van der Waals surface area contributed by atoms with Crippen molar-refractivity contribution in [2.75, 3.05) is 19.5 Å². The highest BCUT2D eigenvalue weighted by atomic mass is 31.2. The fourth-order valence-corrected chi connectivity index (χ4v) is 5.66. The molecule has 2 heterocycles. The molecule has 1 saturated heterocycles. The van der Waals surface area contributed by atoms with Gasteiger partial charge in [-0.15, -0.1) is 0 Å². The van der Waals surface area contributed by atoms with Gasteiger partial charge in [-0.25, -0.2) is 14.3 Å². The fraction of sp³-hybridized carbons (Fsp3) is 0.476. The molecule has 34 heavy (non-hydrogen) atoms. The van der Waals surface area contributed by atoms with E-state index < -0.39 is 55.9 Å². The van der Waals surface area contributed by atoms with Crippen LogP contribution in [0.5, 0.6) is 0 Å². The molecule has 186 valence electrons. The molecule has 1 unspecified atom stereocenters. The van der Waals surface area contributed by atoms with Crippen molar-refractivity contribution in [1.29, 1.82) is 0 Å². The van der Waals surface area contributed by atoms with Gasteiger partial charge in [0.05, 0.1) is 19.9 Å². The van der Waals surface area contributed by atoms with Gasteiger partial charge in [0.15, 0.2) is 11.9 Å². The van der Waals surface area contributed by atoms with Gasteiger partial charge in [-0.2, -0.15) is 4.98 Å². The number of hydrogen-bond acceptors (Lipinski definition) is 9. The van der Waals surface area contributed by atoms with Crippen molar-refractivity contribution in [2.45, 2.75) is 50.2 Å². The number of methoxy groups -OCH3 is 1. The van der Waals surface area contributed by atoms with E-state index in [0.29, 0.717) is 5.56 Å². The SMILES string of the molecule is COC(=O)[C@H](C)NP(=O)(Cc1ccccc1)OC[C@H]1O[C@@H](n2ccc(N)nc2=O)[C@](C)(F)[C@@H]1O. The van der Waals surface area contributed by atoms with E-state index in [2.05, 4.69) is 14.8 Å². The quantitative estimate of drug-likeness (QED) is 0.341. The highest BCUT2D eigenvalue weighted by molar-refractivity contribution is 7.56. The number of benzene rings is 1. The Hall–Kier alpha value is -2.63. The summed E-state index contributed by atoms with van der Waals surface area (Å²) in [6, 6.07) is 9.09. The number of nitrogens with two attached hydrogens (primary N) is 1. The number of nitrogens with zero attached hydrogens (tertiary/aromatic N) is 2. The first-order chi connectivity index (χ1) is 16.0. The summed E-state index contributed by atoms with van der Waals surface area (Å²) in [6.07, 6.45) is -3.39. The molecule has 0 spiro atoms. The van der Waals surface area contributed by atoms with Gasteiger partial charge in [0, 0.05) is 6.20 Å². The maximum Gasteiger partial charge on any atom is 0.351 e. The molecule has 6 atom stereocenters. The zero-order chi connectivity index (χ0) is 25.1. The minimum Gasteiger partial charge on any atom is -0.468 e.